The van der Waals surface area contributed by atoms with E-state index in [4.69, 9.17) is 23.7 Å². The highest BCUT2D eigenvalue weighted by molar-refractivity contribution is 5.93. The van der Waals surface area contributed by atoms with Gasteiger partial charge in [0.1, 0.15) is 47.8 Å². The molecule has 3 heterocycles. The highest BCUT2D eigenvalue weighted by Crippen LogP contribution is 2.76. The van der Waals surface area contributed by atoms with Crippen molar-refractivity contribution in [2.45, 2.75) is 68.4 Å². The van der Waals surface area contributed by atoms with Crippen LogP contribution in [0, 0.1) is 17.3 Å². The van der Waals surface area contributed by atoms with Crippen molar-refractivity contribution in [3.05, 3.63) is 11.3 Å². The highest BCUT2D eigenvalue weighted by atomic mass is 16.7. The topological polar surface area (TPSA) is 144 Å². The molecule has 31 heavy (non-hydrogen) atoms. The molecule has 3 aliphatic heterocycles. The number of aliphatic hydroxyl groups excluding tert-OH is 1. The maximum Gasteiger partial charge on any atom is 0.338 e. The summed E-state index contributed by atoms with van der Waals surface area (Å²) in [5.74, 6) is -3.09. The lowest BCUT2D eigenvalue weighted by Gasteiger charge is -2.60. The minimum atomic E-state index is -1.91. The van der Waals surface area contributed by atoms with Gasteiger partial charge in [0.05, 0.1) is 18.1 Å². The molecule has 3 N–H and O–H groups in total. The summed E-state index contributed by atoms with van der Waals surface area (Å²) in [5, 5.41) is 33.5. The Morgan fingerprint density at radius 1 is 1.19 bits per heavy atom. The summed E-state index contributed by atoms with van der Waals surface area (Å²) in [6.45, 7) is 4.69. The first-order valence-electron chi connectivity index (χ1n) is 10.4. The van der Waals surface area contributed by atoms with Crippen molar-refractivity contribution >= 4 is 11.9 Å². The Kier molecular flexibility index (Phi) is 4.08. The molecule has 0 aromatic carbocycles. The molecule has 172 valence electrons. The van der Waals surface area contributed by atoms with E-state index in [1.165, 1.54) is 14.2 Å². The van der Waals surface area contributed by atoms with Gasteiger partial charge in [0.15, 0.2) is 11.7 Å². The van der Waals surface area contributed by atoms with E-state index in [1.54, 1.807) is 20.8 Å². The van der Waals surface area contributed by atoms with Crippen LogP contribution >= 0.6 is 0 Å². The van der Waals surface area contributed by atoms with Gasteiger partial charge in [0.2, 0.25) is 0 Å². The van der Waals surface area contributed by atoms with Crippen LogP contribution in [0.1, 0.15) is 27.2 Å². The lowest BCUT2D eigenvalue weighted by Crippen LogP contribution is -2.78. The van der Waals surface area contributed by atoms with E-state index in [9.17, 15) is 24.9 Å². The number of carbonyl (C=O) groups excluding carboxylic acids is 2. The third-order valence-electron chi connectivity index (χ3n) is 8.64. The van der Waals surface area contributed by atoms with Gasteiger partial charge in [0, 0.05) is 13.5 Å². The molecule has 5 fully saturated rings. The van der Waals surface area contributed by atoms with Gasteiger partial charge in [-0.05, 0) is 5.92 Å². The summed E-state index contributed by atoms with van der Waals surface area (Å²) in [6, 6.07) is 0. The SMILES string of the molecule is CO/C(CO)=C1\C[C@@]2(OC1=O)[C@@H]1O[C@@H]1[C@@]1(O)[C@H]3C(=O)O[C@@H]([C@@H](OC)[C@]12C)[C@@]3(O)C(C)C. The zero-order valence-corrected chi connectivity index (χ0v) is 18.1. The fourth-order valence-electron chi connectivity index (χ4n) is 7.01. The van der Waals surface area contributed by atoms with Crippen molar-refractivity contribution in [1.29, 1.82) is 0 Å². The van der Waals surface area contributed by atoms with Crippen molar-refractivity contribution in [1.82, 2.24) is 0 Å². The zero-order valence-electron chi connectivity index (χ0n) is 18.1. The Hall–Kier alpha value is -1.72. The molecule has 2 saturated carbocycles. The Bertz CT molecular complexity index is 893. The maximum absolute atomic E-state index is 13.0. The zero-order chi connectivity index (χ0) is 22.7. The fraction of sp³-hybridized carbons (Fsp3) is 0.810. The van der Waals surface area contributed by atoms with Gasteiger partial charge in [-0.15, -0.1) is 0 Å². The molecule has 5 aliphatic rings. The van der Waals surface area contributed by atoms with E-state index < -0.39 is 77.0 Å². The van der Waals surface area contributed by atoms with Crippen molar-refractivity contribution in [2.75, 3.05) is 20.8 Å². The molecule has 3 saturated heterocycles. The number of fused-ring (bicyclic) bond motifs is 8. The standard InChI is InChI=1S/C21H28O10/c1-8(2)20(25)11-17(24)30-14(20)12(28-5)18(3)19(13-15(29-13)21(11,18)26)6-9(16(23)31-19)10(7-22)27-4/h8,11-15,22,25-26H,6-7H2,1-5H3/b10-9+/t11-,12+,13+,14-,15-,18-,19+,20+,21-/m0/s1. The molecule has 0 unspecified atom stereocenters. The van der Waals surface area contributed by atoms with Crippen molar-refractivity contribution < 1.29 is 48.6 Å². The van der Waals surface area contributed by atoms with Crippen molar-refractivity contribution in [2.24, 2.45) is 17.3 Å². The molecular formula is C21H28O10. The summed E-state index contributed by atoms with van der Waals surface area (Å²) in [4.78, 5) is 25.9. The molecule has 2 aliphatic carbocycles. The van der Waals surface area contributed by atoms with E-state index in [-0.39, 0.29) is 17.8 Å². The molecule has 1 spiro atoms. The second-order valence-electron chi connectivity index (χ2n) is 9.71. The smallest absolute Gasteiger partial charge is 0.338 e. The van der Waals surface area contributed by atoms with Crippen LogP contribution < -0.4 is 0 Å². The molecule has 2 bridgehead atoms. The van der Waals surface area contributed by atoms with E-state index in [0.717, 1.165) is 0 Å². The monoisotopic (exact) mass is 440 g/mol. The van der Waals surface area contributed by atoms with Crippen LogP contribution in [0.25, 0.3) is 0 Å². The average Bonchev–Trinajstić information content (AvgIpc) is 3.37. The first kappa shape index (κ1) is 21.1. The minimum absolute atomic E-state index is 0.0108. The fourth-order valence-corrected chi connectivity index (χ4v) is 7.01. The lowest BCUT2D eigenvalue weighted by molar-refractivity contribution is -0.313. The number of ether oxygens (including phenoxy) is 5. The number of aliphatic hydroxyl groups is 3. The summed E-state index contributed by atoms with van der Waals surface area (Å²) >= 11 is 0. The van der Waals surface area contributed by atoms with E-state index in [0.29, 0.717) is 0 Å². The first-order chi connectivity index (χ1) is 14.5. The second-order valence-corrected chi connectivity index (χ2v) is 9.71. The molecule has 5 rings (SSSR count). The molecular weight excluding hydrogens is 412 g/mol. The van der Waals surface area contributed by atoms with Gasteiger partial charge in [-0.2, -0.15) is 0 Å². The normalized spacial score (nSPS) is 53.4. The van der Waals surface area contributed by atoms with E-state index in [2.05, 4.69) is 0 Å². The molecule has 0 aromatic heterocycles. The average molecular weight is 440 g/mol. The lowest BCUT2D eigenvalue weighted by atomic mass is 9.48. The van der Waals surface area contributed by atoms with Crippen molar-refractivity contribution in [3.8, 4) is 0 Å². The number of methoxy groups -OCH3 is 2. The summed E-state index contributed by atoms with van der Waals surface area (Å²) < 4.78 is 28.3. The number of carbonyl (C=O) groups is 2. The number of epoxide rings is 1. The maximum atomic E-state index is 13.0. The van der Waals surface area contributed by atoms with Gasteiger partial charge in [-0.1, -0.05) is 20.8 Å². The van der Waals surface area contributed by atoms with Crippen LogP contribution in [0.3, 0.4) is 0 Å². The Morgan fingerprint density at radius 2 is 1.87 bits per heavy atom. The number of hydrogen-bond donors (Lipinski definition) is 3. The second kappa shape index (κ2) is 5.99. The van der Waals surface area contributed by atoms with Crippen LogP contribution in [-0.2, 0) is 33.3 Å². The quantitative estimate of drug-likeness (QED) is 0.216. The van der Waals surface area contributed by atoms with Crippen LogP contribution in [0.2, 0.25) is 0 Å². The summed E-state index contributed by atoms with van der Waals surface area (Å²) in [7, 11) is 2.75. The highest BCUT2D eigenvalue weighted by Gasteiger charge is 2.95. The van der Waals surface area contributed by atoms with Gasteiger partial charge in [-0.3, -0.25) is 4.79 Å². The molecule has 0 amide bonds. The third kappa shape index (κ3) is 1.94. The summed E-state index contributed by atoms with van der Waals surface area (Å²) in [5.41, 5.74) is -6.21. The van der Waals surface area contributed by atoms with Gasteiger partial charge >= 0.3 is 11.9 Å². The van der Waals surface area contributed by atoms with Crippen LogP contribution in [0.5, 0.6) is 0 Å². The van der Waals surface area contributed by atoms with Crippen LogP contribution in [0.4, 0.5) is 0 Å². The Balaban J connectivity index is 1.73. The van der Waals surface area contributed by atoms with E-state index >= 15 is 0 Å². The number of rotatable bonds is 4. The molecule has 10 heteroatoms. The molecule has 9 atom stereocenters. The molecule has 0 radical (unpaired) electrons. The predicted molar refractivity (Wildman–Crippen MR) is 100 cm³/mol. The van der Waals surface area contributed by atoms with Gasteiger partial charge in [0.25, 0.3) is 0 Å². The summed E-state index contributed by atoms with van der Waals surface area (Å²) in [6.07, 6.45) is -3.63. The predicted octanol–water partition coefficient (Wildman–Crippen LogP) is -0.959. The Morgan fingerprint density at radius 3 is 2.42 bits per heavy atom. The third-order valence-corrected chi connectivity index (χ3v) is 8.64. The van der Waals surface area contributed by atoms with Crippen LogP contribution in [-0.4, -0.2) is 89.3 Å². The van der Waals surface area contributed by atoms with E-state index in [1.807, 2.05) is 0 Å². The Labute approximate surface area is 179 Å². The first-order valence-corrected chi connectivity index (χ1v) is 10.4. The van der Waals surface area contributed by atoms with Crippen LogP contribution in [0.15, 0.2) is 11.3 Å². The largest absolute Gasteiger partial charge is 0.498 e. The number of hydrogen-bond acceptors (Lipinski definition) is 10. The minimum Gasteiger partial charge on any atom is -0.498 e. The van der Waals surface area contributed by atoms with Gasteiger partial charge < -0.3 is 39.0 Å². The molecule has 0 aromatic rings. The number of esters is 2. The van der Waals surface area contributed by atoms with Crippen molar-refractivity contribution in [3.63, 3.8) is 0 Å². The van der Waals surface area contributed by atoms with Gasteiger partial charge in [-0.25, -0.2) is 4.79 Å². The molecule has 10 nitrogen and oxygen atoms in total.